The van der Waals surface area contributed by atoms with Crippen LogP contribution in [0.1, 0.15) is 31.4 Å². The highest BCUT2D eigenvalue weighted by atomic mass is 35.5. The summed E-state index contributed by atoms with van der Waals surface area (Å²) in [6.45, 7) is 4.03. The van der Waals surface area contributed by atoms with Gasteiger partial charge in [-0.1, -0.05) is 23.7 Å². The lowest BCUT2D eigenvalue weighted by Crippen LogP contribution is -2.20. The summed E-state index contributed by atoms with van der Waals surface area (Å²) < 4.78 is 5.00. The summed E-state index contributed by atoms with van der Waals surface area (Å²) in [5.41, 5.74) is 1.27. The van der Waals surface area contributed by atoms with Crippen LogP contribution in [0.25, 0.3) is 0 Å². The average molecular weight is 242 g/mol. The molecule has 1 atom stereocenters. The molecule has 0 radical (unpaired) electrons. The van der Waals surface area contributed by atoms with Gasteiger partial charge >= 0.3 is 0 Å². The monoisotopic (exact) mass is 241 g/mol. The topological polar surface area (TPSA) is 21.3 Å². The highest BCUT2D eigenvalue weighted by Crippen LogP contribution is 2.15. The third-order valence-electron chi connectivity index (χ3n) is 2.60. The van der Waals surface area contributed by atoms with E-state index in [0.29, 0.717) is 6.04 Å². The van der Waals surface area contributed by atoms with Crippen LogP contribution < -0.4 is 5.32 Å². The van der Waals surface area contributed by atoms with Crippen molar-refractivity contribution in [3.05, 3.63) is 34.9 Å². The molecule has 0 aliphatic heterocycles. The highest BCUT2D eigenvalue weighted by Gasteiger charge is 2.03. The second-order valence-corrected chi connectivity index (χ2v) is 4.36. The molecule has 0 amide bonds. The third kappa shape index (κ3) is 4.97. The Labute approximate surface area is 103 Å². The Bertz CT molecular complexity index is 286. The fourth-order valence-electron chi connectivity index (χ4n) is 1.56. The Hall–Kier alpha value is -0.570. The first-order valence-corrected chi connectivity index (χ1v) is 6.09. The molecule has 1 N–H and O–H groups in total. The Balaban J connectivity index is 2.24. The van der Waals surface area contributed by atoms with Crippen LogP contribution in [0.15, 0.2) is 24.3 Å². The number of hydrogen-bond donors (Lipinski definition) is 1. The Kier molecular flexibility index (Phi) is 6.46. The van der Waals surface area contributed by atoms with E-state index in [1.54, 1.807) is 7.11 Å². The molecule has 0 aliphatic rings. The second-order valence-electron chi connectivity index (χ2n) is 3.93. The molecule has 0 heterocycles. The van der Waals surface area contributed by atoms with Crippen LogP contribution >= 0.6 is 11.6 Å². The van der Waals surface area contributed by atoms with E-state index in [9.17, 15) is 0 Å². The maximum atomic E-state index is 5.84. The molecule has 16 heavy (non-hydrogen) atoms. The van der Waals surface area contributed by atoms with Crippen LogP contribution in [0.3, 0.4) is 0 Å². The van der Waals surface area contributed by atoms with E-state index in [4.69, 9.17) is 16.3 Å². The van der Waals surface area contributed by atoms with Crippen molar-refractivity contribution < 1.29 is 4.74 Å². The minimum atomic E-state index is 0.375. The van der Waals surface area contributed by atoms with Gasteiger partial charge in [0.15, 0.2) is 0 Å². The fraction of sp³-hybridized carbons (Fsp3) is 0.538. The van der Waals surface area contributed by atoms with E-state index in [2.05, 4.69) is 24.4 Å². The van der Waals surface area contributed by atoms with Crippen LogP contribution in [-0.2, 0) is 4.74 Å². The lowest BCUT2D eigenvalue weighted by atomic mass is 10.1. The van der Waals surface area contributed by atoms with Crippen LogP contribution in [0.5, 0.6) is 0 Å². The zero-order chi connectivity index (χ0) is 11.8. The van der Waals surface area contributed by atoms with Gasteiger partial charge in [-0.2, -0.15) is 0 Å². The summed E-state index contributed by atoms with van der Waals surface area (Å²) in [6.07, 6.45) is 2.25. The van der Waals surface area contributed by atoms with E-state index >= 15 is 0 Å². The summed E-state index contributed by atoms with van der Waals surface area (Å²) in [7, 11) is 1.74. The third-order valence-corrected chi connectivity index (χ3v) is 2.85. The SMILES string of the molecule is COCCCCNC(C)c1ccc(Cl)cc1. The van der Waals surface area contributed by atoms with Gasteiger partial charge in [0.05, 0.1) is 0 Å². The van der Waals surface area contributed by atoms with Crippen LogP contribution in [0.4, 0.5) is 0 Å². The first kappa shape index (κ1) is 13.5. The zero-order valence-electron chi connectivity index (χ0n) is 10.0. The van der Waals surface area contributed by atoms with Crippen molar-refractivity contribution in [2.75, 3.05) is 20.3 Å². The molecule has 90 valence electrons. The fourth-order valence-corrected chi connectivity index (χ4v) is 1.69. The number of unbranched alkanes of at least 4 members (excludes halogenated alkanes) is 1. The van der Waals surface area contributed by atoms with Crippen molar-refractivity contribution >= 4 is 11.6 Å². The molecular weight excluding hydrogens is 222 g/mol. The highest BCUT2D eigenvalue weighted by molar-refractivity contribution is 6.30. The Morgan fingerprint density at radius 2 is 1.94 bits per heavy atom. The lowest BCUT2D eigenvalue weighted by Gasteiger charge is -2.14. The quantitative estimate of drug-likeness (QED) is 0.739. The second kappa shape index (κ2) is 7.66. The average Bonchev–Trinajstić information content (AvgIpc) is 2.29. The predicted molar refractivity (Wildman–Crippen MR) is 69.0 cm³/mol. The first-order chi connectivity index (χ1) is 7.74. The zero-order valence-corrected chi connectivity index (χ0v) is 10.8. The van der Waals surface area contributed by atoms with Crippen molar-refractivity contribution in [1.82, 2.24) is 5.32 Å². The molecular formula is C13H20ClNO. The molecule has 1 rings (SSSR count). The van der Waals surface area contributed by atoms with Crippen LogP contribution in [0.2, 0.25) is 5.02 Å². The van der Waals surface area contributed by atoms with Gasteiger partial charge in [-0.05, 0) is 44.0 Å². The molecule has 1 unspecified atom stereocenters. The van der Waals surface area contributed by atoms with Crippen molar-refractivity contribution in [3.8, 4) is 0 Å². The van der Waals surface area contributed by atoms with Crippen molar-refractivity contribution in [3.63, 3.8) is 0 Å². The Morgan fingerprint density at radius 3 is 2.56 bits per heavy atom. The molecule has 0 saturated carbocycles. The largest absolute Gasteiger partial charge is 0.385 e. The van der Waals surface area contributed by atoms with Crippen LogP contribution in [-0.4, -0.2) is 20.3 Å². The number of rotatable bonds is 7. The molecule has 1 aromatic carbocycles. The van der Waals surface area contributed by atoms with Crippen molar-refractivity contribution in [2.45, 2.75) is 25.8 Å². The van der Waals surface area contributed by atoms with Gasteiger partial charge in [-0.3, -0.25) is 0 Å². The predicted octanol–water partition coefficient (Wildman–Crippen LogP) is 3.42. The lowest BCUT2D eigenvalue weighted by molar-refractivity contribution is 0.192. The van der Waals surface area contributed by atoms with Gasteiger partial charge < -0.3 is 10.1 Å². The molecule has 0 spiro atoms. The van der Waals surface area contributed by atoms with Crippen molar-refractivity contribution in [2.24, 2.45) is 0 Å². The number of nitrogens with one attached hydrogen (secondary N) is 1. The van der Waals surface area contributed by atoms with E-state index in [1.165, 1.54) is 5.56 Å². The van der Waals surface area contributed by atoms with Gasteiger partial charge in [0.1, 0.15) is 0 Å². The molecule has 1 aromatic rings. The van der Waals surface area contributed by atoms with Gasteiger partial charge in [0.2, 0.25) is 0 Å². The first-order valence-electron chi connectivity index (χ1n) is 5.72. The van der Waals surface area contributed by atoms with Gasteiger partial charge in [0, 0.05) is 24.8 Å². The van der Waals surface area contributed by atoms with Crippen molar-refractivity contribution in [1.29, 1.82) is 0 Å². The summed E-state index contributed by atoms with van der Waals surface area (Å²) >= 11 is 5.84. The smallest absolute Gasteiger partial charge is 0.0462 e. The summed E-state index contributed by atoms with van der Waals surface area (Å²) in [5, 5.41) is 4.27. The minimum Gasteiger partial charge on any atom is -0.385 e. The number of halogens is 1. The molecule has 0 aliphatic carbocycles. The van der Waals surface area contributed by atoms with E-state index in [1.807, 2.05) is 12.1 Å². The molecule has 0 bridgehead atoms. The summed E-state index contributed by atoms with van der Waals surface area (Å²) in [5.74, 6) is 0. The molecule has 0 fully saturated rings. The number of benzene rings is 1. The van der Waals surface area contributed by atoms with E-state index in [-0.39, 0.29) is 0 Å². The number of methoxy groups -OCH3 is 1. The molecule has 2 nitrogen and oxygen atoms in total. The summed E-state index contributed by atoms with van der Waals surface area (Å²) in [4.78, 5) is 0. The normalized spacial score (nSPS) is 12.7. The van der Waals surface area contributed by atoms with E-state index in [0.717, 1.165) is 31.0 Å². The Morgan fingerprint density at radius 1 is 1.25 bits per heavy atom. The maximum absolute atomic E-state index is 5.84. The summed E-state index contributed by atoms with van der Waals surface area (Å²) in [6, 6.07) is 8.37. The van der Waals surface area contributed by atoms with Gasteiger partial charge in [-0.25, -0.2) is 0 Å². The number of ether oxygens (including phenoxy) is 1. The van der Waals surface area contributed by atoms with E-state index < -0.39 is 0 Å². The minimum absolute atomic E-state index is 0.375. The molecule has 3 heteroatoms. The van der Waals surface area contributed by atoms with Crippen LogP contribution in [0, 0.1) is 0 Å². The van der Waals surface area contributed by atoms with Gasteiger partial charge in [-0.15, -0.1) is 0 Å². The molecule has 0 saturated heterocycles. The molecule has 0 aromatic heterocycles. The maximum Gasteiger partial charge on any atom is 0.0462 e. The van der Waals surface area contributed by atoms with Gasteiger partial charge in [0.25, 0.3) is 0 Å². The number of hydrogen-bond acceptors (Lipinski definition) is 2. The standard InChI is InChI=1S/C13H20ClNO/c1-11(15-9-3-4-10-16-2)12-5-7-13(14)8-6-12/h5-8,11,15H,3-4,9-10H2,1-2H3.